The maximum atomic E-state index is 4.25. The molecule has 1 N–H and O–H groups in total. The summed E-state index contributed by atoms with van der Waals surface area (Å²) in [5.41, 5.74) is 0. The van der Waals surface area contributed by atoms with E-state index in [1.165, 1.54) is 32.4 Å². The Kier molecular flexibility index (Phi) is 5.04. The Hall–Kier alpha value is 0.270. The second-order valence-corrected chi connectivity index (χ2v) is 3.93. The highest BCUT2D eigenvalue weighted by Gasteiger charge is 2.14. The third-order valence-corrected chi connectivity index (χ3v) is 2.85. The van der Waals surface area contributed by atoms with Crippen molar-refractivity contribution < 1.29 is 0 Å². The number of nitrogens with one attached hydrogen (secondary N) is 1. The van der Waals surface area contributed by atoms with Crippen LogP contribution in [0.5, 0.6) is 0 Å². The Labute approximate surface area is 81.1 Å². The van der Waals surface area contributed by atoms with Gasteiger partial charge in [0.25, 0.3) is 0 Å². The van der Waals surface area contributed by atoms with Gasteiger partial charge in [0.05, 0.1) is 0 Å². The Balaban J connectivity index is 2.24. The van der Waals surface area contributed by atoms with E-state index in [1.807, 2.05) is 0 Å². The van der Waals surface area contributed by atoms with Gasteiger partial charge in [-0.25, -0.2) is 0 Å². The highest BCUT2D eigenvalue weighted by atomic mass is 32.1. The summed E-state index contributed by atoms with van der Waals surface area (Å²) in [6.07, 6.45) is 3.96. The summed E-state index contributed by atoms with van der Waals surface area (Å²) in [7, 11) is 2.07. The van der Waals surface area contributed by atoms with Crippen LogP contribution < -0.4 is 5.32 Å². The van der Waals surface area contributed by atoms with Crippen molar-refractivity contribution in [2.45, 2.75) is 25.3 Å². The molecule has 0 radical (unpaired) electrons. The molecule has 0 spiro atoms. The largest absolute Gasteiger partial charge is 0.317 e. The molecule has 1 aliphatic heterocycles. The average molecular weight is 188 g/mol. The van der Waals surface area contributed by atoms with Crippen LogP contribution in [-0.4, -0.2) is 43.4 Å². The Morgan fingerprint density at radius 1 is 1.42 bits per heavy atom. The zero-order valence-corrected chi connectivity index (χ0v) is 8.82. The van der Waals surface area contributed by atoms with Crippen molar-refractivity contribution in [2.75, 3.05) is 32.4 Å². The Morgan fingerprint density at radius 2 is 2.25 bits per heavy atom. The molecule has 0 aromatic rings. The maximum Gasteiger partial charge on any atom is 0.00767 e. The van der Waals surface area contributed by atoms with Crippen molar-refractivity contribution in [1.29, 1.82) is 0 Å². The number of thiol groups is 1. The molecule has 3 heteroatoms. The average Bonchev–Trinajstić information content (AvgIpc) is 2.31. The fourth-order valence-electron chi connectivity index (χ4n) is 1.81. The summed E-state index contributed by atoms with van der Waals surface area (Å²) in [5, 5.41) is 3.36. The van der Waals surface area contributed by atoms with Gasteiger partial charge in [-0.15, -0.1) is 0 Å². The predicted octanol–water partition coefficient (Wildman–Crippen LogP) is 0.990. The summed E-state index contributed by atoms with van der Waals surface area (Å²) in [4.78, 5) is 2.52. The lowest BCUT2D eigenvalue weighted by Gasteiger charge is -2.18. The van der Waals surface area contributed by atoms with Crippen LogP contribution in [0.4, 0.5) is 0 Å². The number of hydrogen-bond acceptors (Lipinski definition) is 3. The van der Waals surface area contributed by atoms with Gasteiger partial charge in [0.15, 0.2) is 0 Å². The van der Waals surface area contributed by atoms with Crippen LogP contribution in [0.2, 0.25) is 0 Å². The van der Waals surface area contributed by atoms with E-state index >= 15 is 0 Å². The van der Waals surface area contributed by atoms with Crippen LogP contribution >= 0.6 is 12.6 Å². The van der Waals surface area contributed by atoms with Crippen molar-refractivity contribution in [3.8, 4) is 0 Å². The molecule has 0 saturated carbocycles. The van der Waals surface area contributed by atoms with Gasteiger partial charge in [-0.3, -0.25) is 0 Å². The molecule has 1 heterocycles. The van der Waals surface area contributed by atoms with Gasteiger partial charge in [0, 0.05) is 18.3 Å². The molecule has 1 unspecified atom stereocenters. The molecule has 2 nitrogen and oxygen atoms in total. The Bertz CT molecular complexity index is 119. The van der Waals surface area contributed by atoms with E-state index in [1.54, 1.807) is 0 Å². The van der Waals surface area contributed by atoms with Crippen molar-refractivity contribution >= 4 is 12.6 Å². The van der Waals surface area contributed by atoms with Gasteiger partial charge >= 0.3 is 0 Å². The normalized spacial score (nSPS) is 27.0. The van der Waals surface area contributed by atoms with Crippen LogP contribution in [0, 0.1) is 0 Å². The van der Waals surface area contributed by atoms with Crippen LogP contribution in [0.25, 0.3) is 0 Å². The lowest BCUT2D eigenvalue weighted by molar-refractivity contribution is 0.300. The summed E-state index contributed by atoms with van der Waals surface area (Å²) in [5.74, 6) is 0.990. The van der Waals surface area contributed by atoms with Gasteiger partial charge in [-0.05, 0) is 39.4 Å². The fourth-order valence-corrected chi connectivity index (χ4v) is 2.09. The highest BCUT2D eigenvalue weighted by Crippen LogP contribution is 2.10. The second kappa shape index (κ2) is 5.84. The lowest BCUT2D eigenvalue weighted by Crippen LogP contribution is -2.29. The fraction of sp³-hybridized carbons (Fsp3) is 1.00. The van der Waals surface area contributed by atoms with Gasteiger partial charge in [-0.2, -0.15) is 12.6 Å². The minimum Gasteiger partial charge on any atom is -0.317 e. The molecular weight excluding hydrogens is 168 g/mol. The van der Waals surface area contributed by atoms with E-state index in [9.17, 15) is 0 Å². The summed E-state index contributed by atoms with van der Waals surface area (Å²) >= 11 is 4.25. The maximum absolute atomic E-state index is 4.25. The molecule has 1 rings (SSSR count). The monoisotopic (exact) mass is 188 g/mol. The molecular formula is C9H20N2S. The van der Waals surface area contributed by atoms with E-state index in [-0.39, 0.29) is 0 Å². The second-order valence-electron chi connectivity index (χ2n) is 3.48. The number of hydrogen-bond donors (Lipinski definition) is 2. The summed E-state index contributed by atoms with van der Waals surface area (Å²) in [6, 6.07) is 0.745. The Morgan fingerprint density at radius 3 is 2.92 bits per heavy atom. The van der Waals surface area contributed by atoms with Crippen LogP contribution in [0.3, 0.4) is 0 Å². The molecule has 1 atom stereocenters. The lowest BCUT2D eigenvalue weighted by atomic mass is 10.1. The van der Waals surface area contributed by atoms with E-state index in [4.69, 9.17) is 0 Å². The molecule has 1 aliphatic rings. The van der Waals surface area contributed by atoms with E-state index in [2.05, 4.69) is 29.9 Å². The minimum absolute atomic E-state index is 0.745. The van der Waals surface area contributed by atoms with Gasteiger partial charge < -0.3 is 10.2 Å². The predicted molar refractivity (Wildman–Crippen MR) is 57.0 cm³/mol. The van der Waals surface area contributed by atoms with Crippen LogP contribution in [0.1, 0.15) is 19.3 Å². The first-order chi connectivity index (χ1) is 5.86. The third-order valence-electron chi connectivity index (χ3n) is 2.65. The third kappa shape index (κ3) is 3.33. The van der Waals surface area contributed by atoms with Gasteiger partial charge in [-0.1, -0.05) is 0 Å². The summed E-state index contributed by atoms with van der Waals surface area (Å²) < 4.78 is 0. The van der Waals surface area contributed by atoms with Crippen LogP contribution in [-0.2, 0) is 0 Å². The molecule has 0 aromatic carbocycles. The van der Waals surface area contributed by atoms with E-state index < -0.39 is 0 Å². The number of nitrogens with zero attached hydrogens (tertiary/aromatic N) is 1. The number of likely N-dealkylation sites (tertiary alicyclic amines) is 1. The first-order valence-electron chi connectivity index (χ1n) is 4.87. The molecule has 0 bridgehead atoms. The van der Waals surface area contributed by atoms with Crippen molar-refractivity contribution in [3.63, 3.8) is 0 Å². The summed E-state index contributed by atoms with van der Waals surface area (Å²) in [6.45, 7) is 3.66. The van der Waals surface area contributed by atoms with E-state index in [0.717, 1.165) is 18.3 Å². The molecule has 72 valence electrons. The van der Waals surface area contributed by atoms with Crippen molar-refractivity contribution in [2.24, 2.45) is 0 Å². The molecule has 0 aromatic heterocycles. The van der Waals surface area contributed by atoms with Gasteiger partial charge in [0.1, 0.15) is 0 Å². The smallest absolute Gasteiger partial charge is 0.00767 e. The first-order valence-corrected chi connectivity index (χ1v) is 5.50. The topological polar surface area (TPSA) is 15.3 Å². The van der Waals surface area contributed by atoms with E-state index in [0.29, 0.717) is 0 Å². The molecule has 1 saturated heterocycles. The minimum atomic E-state index is 0.745. The van der Waals surface area contributed by atoms with Crippen molar-refractivity contribution in [1.82, 2.24) is 10.2 Å². The molecule has 1 fully saturated rings. The zero-order valence-electron chi connectivity index (χ0n) is 7.92. The first kappa shape index (κ1) is 10.4. The SMILES string of the molecule is CNC1CCCN(CCS)CC1. The molecule has 12 heavy (non-hydrogen) atoms. The molecule has 0 aliphatic carbocycles. The number of rotatable bonds is 3. The highest BCUT2D eigenvalue weighted by molar-refractivity contribution is 7.80. The quantitative estimate of drug-likeness (QED) is 0.642. The van der Waals surface area contributed by atoms with Crippen molar-refractivity contribution in [3.05, 3.63) is 0 Å². The molecule has 0 amide bonds. The van der Waals surface area contributed by atoms with Gasteiger partial charge in [0.2, 0.25) is 0 Å². The van der Waals surface area contributed by atoms with Crippen LogP contribution in [0.15, 0.2) is 0 Å². The standard InChI is InChI=1S/C9H20N2S/c1-10-9-3-2-5-11(6-4-9)7-8-12/h9-10,12H,2-8H2,1H3. The zero-order chi connectivity index (χ0) is 8.81.